The van der Waals surface area contributed by atoms with Crippen molar-refractivity contribution in [3.63, 3.8) is 0 Å². The van der Waals surface area contributed by atoms with E-state index in [1.54, 1.807) is 6.21 Å². The number of benzene rings is 1. The number of hydrogen-bond acceptors (Lipinski definition) is 6. The predicted molar refractivity (Wildman–Crippen MR) is 104 cm³/mol. The third-order valence-electron chi connectivity index (χ3n) is 4.84. The standard InChI is InChI=1S/C21H27NO6/c1-21(20(23)24)25-14-16(15-26-21)7-3-2-6-12-27-22-11-10-18-13-17-8-4-5-9-19(17)28-18/h4-5,8-9,11,13,16H,2-3,6-7,10,12,14-15H2,1H3,(H,23,24). The summed E-state index contributed by atoms with van der Waals surface area (Å²) in [4.78, 5) is 16.3. The fourth-order valence-electron chi connectivity index (χ4n) is 3.08. The SMILES string of the molecule is CC1(C(=O)O)OCC(CCCCCON=CCc2cc3ccccc3o2)CO1. The maximum Gasteiger partial charge on any atom is 0.364 e. The van der Waals surface area contributed by atoms with Crippen LogP contribution in [0.2, 0.25) is 0 Å². The van der Waals surface area contributed by atoms with Crippen LogP contribution in [0.15, 0.2) is 39.9 Å². The second kappa shape index (κ2) is 9.71. The van der Waals surface area contributed by atoms with Gasteiger partial charge in [-0.3, -0.25) is 0 Å². The Kier molecular flexibility index (Phi) is 7.06. The van der Waals surface area contributed by atoms with Gasteiger partial charge in [-0.15, -0.1) is 0 Å². The molecule has 0 spiro atoms. The van der Waals surface area contributed by atoms with Crippen molar-refractivity contribution in [2.75, 3.05) is 19.8 Å². The molecule has 2 heterocycles. The van der Waals surface area contributed by atoms with Crippen LogP contribution in [-0.2, 0) is 25.5 Å². The van der Waals surface area contributed by atoms with Crippen LogP contribution in [0.3, 0.4) is 0 Å². The van der Waals surface area contributed by atoms with Crippen molar-refractivity contribution in [1.82, 2.24) is 0 Å². The molecule has 0 aliphatic carbocycles. The van der Waals surface area contributed by atoms with Crippen LogP contribution in [0.25, 0.3) is 11.0 Å². The normalized spacial score (nSPS) is 22.7. The molecule has 0 amide bonds. The quantitative estimate of drug-likeness (QED) is 0.375. The van der Waals surface area contributed by atoms with Crippen LogP contribution in [-0.4, -0.2) is 42.9 Å². The van der Waals surface area contributed by atoms with Gasteiger partial charge in [-0.1, -0.05) is 29.8 Å². The van der Waals surface area contributed by atoms with E-state index < -0.39 is 11.8 Å². The number of carbonyl (C=O) groups is 1. The number of para-hydroxylation sites is 1. The topological polar surface area (TPSA) is 90.5 Å². The van der Waals surface area contributed by atoms with Crippen molar-refractivity contribution in [3.05, 3.63) is 36.1 Å². The molecule has 1 aromatic heterocycles. The Morgan fingerprint density at radius 1 is 1.29 bits per heavy atom. The fourth-order valence-corrected chi connectivity index (χ4v) is 3.08. The number of rotatable bonds is 10. The number of fused-ring (bicyclic) bond motifs is 1. The van der Waals surface area contributed by atoms with Gasteiger partial charge in [0, 0.05) is 24.6 Å². The van der Waals surface area contributed by atoms with Gasteiger partial charge in [-0.05, 0) is 31.4 Å². The highest BCUT2D eigenvalue weighted by atomic mass is 16.7. The van der Waals surface area contributed by atoms with Crippen molar-refractivity contribution in [2.24, 2.45) is 11.1 Å². The molecule has 152 valence electrons. The van der Waals surface area contributed by atoms with Crippen molar-refractivity contribution < 1.29 is 28.6 Å². The lowest BCUT2D eigenvalue weighted by Crippen LogP contribution is -2.47. The molecule has 0 unspecified atom stereocenters. The number of aliphatic carboxylic acids is 1. The van der Waals surface area contributed by atoms with Gasteiger partial charge in [0.2, 0.25) is 0 Å². The maximum atomic E-state index is 11.0. The molecule has 0 bridgehead atoms. The lowest BCUT2D eigenvalue weighted by atomic mass is 10.0. The molecule has 3 rings (SSSR count). The summed E-state index contributed by atoms with van der Waals surface area (Å²) < 4.78 is 16.4. The lowest BCUT2D eigenvalue weighted by molar-refractivity contribution is -0.271. The minimum Gasteiger partial charge on any atom is -0.477 e. The zero-order valence-corrected chi connectivity index (χ0v) is 16.1. The first-order valence-electron chi connectivity index (χ1n) is 9.69. The van der Waals surface area contributed by atoms with Gasteiger partial charge in [0.15, 0.2) is 0 Å². The molecule has 1 saturated heterocycles. The Labute approximate surface area is 164 Å². The molecular weight excluding hydrogens is 362 g/mol. The number of nitrogens with zero attached hydrogens (tertiary/aromatic N) is 1. The number of furan rings is 1. The van der Waals surface area contributed by atoms with Gasteiger partial charge < -0.3 is 23.8 Å². The van der Waals surface area contributed by atoms with Crippen molar-refractivity contribution in [2.45, 2.75) is 44.8 Å². The molecule has 1 aromatic carbocycles. The summed E-state index contributed by atoms with van der Waals surface area (Å²) in [6.45, 7) is 2.86. The molecule has 0 radical (unpaired) electrons. The Morgan fingerprint density at radius 2 is 2.07 bits per heavy atom. The zero-order valence-electron chi connectivity index (χ0n) is 16.1. The summed E-state index contributed by atoms with van der Waals surface area (Å²) in [6.07, 6.45) is 6.23. The molecule has 0 atom stereocenters. The highest BCUT2D eigenvalue weighted by Crippen LogP contribution is 2.24. The van der Waals surface area contributed by atoms with Gasteiger partial charge in [-0.25, -0.2) is 4.79 Å². The van der Waals surface area contributed by atoms with E-state index in [-0.39, 0.29) is 5.92 Å². The van der Waals surface area contributed by atoms with E-state index >= 15 is 0 Å². The van der Waals surface area contributed by atoms with Crippen LogP contribution >= 0.6 is 0 Å². The van der Waals surface area contributed by atoms with Crippen molar-refractivity contribution in [3.8, 4) is 0 Å². The van der Waals surface area contributed by atoms with Crippen molar-refractivity contribution >= 4 is 23.2 Å². The van der Waals surface area contributed by atoms with Crippen LogP contribution < -0.4 is 0 Å². The second-order valence-electron chi connectivity index (χ2n) is 7.16. The minimum atomic E-state index is -1.50. The van der Waals surface area contributed by atoms with Crippen LogP contribution in [0.5, 0.6) is 0 Å². The summed E-state index contributed by atoms with van der Waals surface area (Å²) in [6, 6.07) is 9.92. The Hall–Kier alpha value is -2.38. The number of unbranched alkanes of at least 4 members (excludes halogenated alkanes) is 2. The summed E-state index contributed by atoms with van der Waals surface area (Å²) in [5.41, 5.74) is 0.883. The van der Waals surface area contributed by atoms with E-state index in [0.717, 1.165) is 42.4 Å². The zero-order chi connectivity index (χ0) is 19.8. The van der Waals surface area contributed by atoms with Crippen molar-refractivity contribution in [1.29, 1.82) is 0 Å². The van der Waals surface area contributed by atoms with Gasteiger partial charge in [-0.2, -0.15) is 0 Å². The van der Waals surface area contributed by atoms with Crippen LogP contribution in [0, 0.1) is 5.92 Å². The number of hydrogen-bond donors (Lipinski definition) is 1. The van der Waals surface area contributed by atoms with Crippen LogP contribution in [0.4, 0.5) is 0 Å². The highest BCUT2D eigenvalue weighted by molar-refractivity contribution is 5.78. The lowest BCUT2D eigenvalue weighted by Gasteiger charge is -2.34. The molecule has 2 aromatic rings. The summed E-state index contributed by atoms with van der Waals surface area (Å²) in [5, 5.41) is 14.1. The first-order valence-corrected chi connectivity index (χ1v) is 9.69. The van der Waals surface area contributed by atoms with E-state index in [4.69, 9.17) is 23.8 Å². The van der Waals surface area contributed by atoms with Gasteiger partial charge in [0.05, 0.1) is 19.4 Å². The van der Waals surface area contributed by atoms with E-state index in [1.165, 1.54) is 6.92 Å². The monoisotopic (exact) mass is 389 g/mol. The first-order chi connectivity index (χ1) is 13.6. The molecule has 0 saturated carbocycles. The predicted octanol–water partition coefficient (Wildman–Crippen LogP) is 4.00. The molecule has 7 heteroatoms. The molecule has 1 aliphatic heterocycles. The minimum absolute atomic E-state index is 0.246. The van der Waals surface area contributed by atoms with Gasteiger partial charge in [0.25, 0.3) is 5.79 Å². The third kappa shape index (κ3) is 5.56. The average Bonchev–Trinajstić information content (AvgIpc) is 3.11. The third-order valence-corrected chi connectivity index (χ3v) is 4.84. The maximum absolute atomic E-state index is 11.0. The van der Waals surface area contributed by atoms with E-state index in [1.807, 2.05) is 30.3 Å². The number of carboxylic acid groups (broad SMARTS) is 1. The summed E-state index contributed by atoms with van der Waals surface area (Å²) in [5.74, 6) is -1.46. The average molecular weight is 389 g/mol. The highest BCUT2D eigenvalue weighted by Gasteiger charge is 2.40. The largest absolute Gasteiger partial charge is 0.477 e. The number of ether oxygens (including phenoxy) is 2. The first kappa shape index (κ1) is 20.4. The smallest absolute Gasteiger partial charge is 0.364 e. The van der Waals surface area contributed by atoms with Gasteiger partial charge >= 0.3 is 5.97 Å². The van der Waals surface area contributed by atoms with E-state index in [2.05, 4.69) is 5.16 Å². The molecule has 1 fully saturated rings. The number of oxime groups is 1. The van der Waals surface area contributed by atoms with E-state index in [9.17, 15) is 4.79 Å². The Balaban J connectivity index is 1.22. The Bertz CT molecular complexity index is 758. The van der Waals surface area contributed by atoms with E-state index in [0.29, 0.717) is 26.2 Å². The molecule has 28 heavy (non-hydrogen) atoms. The fraction of sp³-hybridized carbons (Fsp3) is 0.524. The molecule has 7 nitrogen and oxygen atoms in total. The molecule has 1 aliphatic rings. The summed E-state index contributed by atoms with van der Waals surface area (Å²) in [7, 11) is 0. The second-order valence-corrected chi connectivity index (χ2v) is 7.16. The number of carboxylic acids is 1. The van der Waals surface area contributed by atoms with Crippen LogP contribution in [0.1, 0.15) is 38.4 Å². The molecular formula is C21H27NO6. The van der Waals surface area contributed by atoms with Gasteiger partial charge in [0.1, 0.15) is 18.0 Å². The Morgan fingerprint density at radius 3 is 2.82 bits per heavy atom. The molecule has 1 N–H and O–H groups in total. The summed E-state index contributed by atoms with van der Waals surface area (Å²) >= 11 is 0.